The fourth-order valence-corrected chi connectivity index (χ4v) is 13.4. The molecule has 2 aliphatic heterocycles. The highest BCUT2D eigenvalue weighted by Gasteiger charge is 2.55. The highest BCUT2D eigenvalue weighted by Crippen LogP contribution is 2.63. The van der Waals surface area contributed by atoms with Crippen LogP contribution < -0.4 is 32.0 Å². The van der Waals surface area contributed by atoms with E-state index in [-0.39, 0.29) is 34.2 Å². The number of thiazole rings is 2. The van der Waals surface area contributed by atoms with Gasteiger partial charge in [-0.2, -0.15) is 10.2 Å². The van der Waals surface area contributed by atoms with Crippen LogP contribution in [0.15, 0.2) is 58.1 Å². The summed E-state index contributed by atoms with van der Waals surface area (Å²) in [5.41, 5.74) is 8.98. The van der Waals surface area contributed by atoms with Crippen LogP contribution in [-0.2, 0) is 0 Å². The van der Waals surface area contributed by atoms with Gasteiger partial charge in [-0.3, -0.25) is 14.4 Å². The maximum atomic E-state index is 13.5. The van der Waals surface area contributed by atoms with Crippen molar-refractivity contribution in [2.24, 2.45) is 16.6 Å². The van der Waals surface area contributed by atoms with Crippen LogP contribution >= 0.6 is 22.7 Å². The number of H-pyrrole nitrogens is 2. The smallest absolute Gasteiger partial charge is 0.355 e. The van der Waals surface area contributed by atoms with Gasteiger partial charge in [0.2, 0.25) is 0 Å². The zero-order chi connectivity index (χ0) is 46.8. The fraction of sp³-hybridized carbons (Fsp3) is 0.500. The molecule has 1 amide bonds. The summed E-state index contributed by atoms with van der Waals surface area (Å²) in [5, 5.41) is 30.7. The van der Waals surface area contributed by atoms with Crippen molar-refractivity contribution >= 4 is 66.4 Å². The number of hydrogen-bond acceptors (Lipinski definition) is 13. The number of nitrogens with zero attached hydrogens (tertiary/aromatic N) is 6. The second kappa shape index (κ2) is 17.8. The first kappa shape index (κ1) is 45.1. The molecule has 0 unspecified atom stereocenters. The van der Waals surface area contributed by atoms with E-state index in [1.807, 2.05) is 60.4 Å². The second-order valence-corrected chi connectivity index (χ2v) is 22.1. The zero-order valence-electron chi connectivity index (χ0n) is 37.4. The number of fused-ring (bicyclic) bond motifs is 2. The Morgan fingerprint density at radius 1 is 0.701 bits per heavy atom. The molecule has 6 aliphatic rings. The summed E-state index contributed by atoms with van der Waals surface area (Å²) in [6.07, 6.45) is 8.03. The molecular weight excluding hydrogens is 899 g/mol. The number of hydrogen-bond donors (Lipinski definition) is 5. The predicted octanol–water partition coefficient (Wildman–Crippen LogP) is 7.30. The number of aromatic carboxylic acids is 1. The van der Waals surface area contributed by atoms with Gasteiger partial charge in [-0.15, -0.1) is 22.7 Å². The summed E-state index contributed by atoms with van der Waals surface area (Å²) in [7, 11) is 0. The lowest BCUT2D eigenvalue weighted by molar-refractivity contribution is -0.0197. The molecule has 2 spiro atoms. The van der Waals surface area contributed by atoms with E-state index in [4.69, 9.17) is 10.8 Å². The molecular formula is C48H54F2N10O5S2. The Morgan fingerprint density at radius 3 is 1.55 bits per heavy atom. The molecule has 2 atom stereocenters. The van der Waals surface area contributed by atoms with Crippen LogP contribution in [0.2, 0.25) is 0 Å². The minimum atomic E-state index is -1.02. The van der Waals surface area contributed by atoms with Gasteiger partial charge in [-0.05, 0) is 101 Å². The Labute approximate surface area is 392 Å². The third kappa shape index (κ3) is 8.85. The fourth-order valence-electron chi connectivity index (χ4n) is 11.5. The first-order chi connectivity index (χ1) is 32.1. The molecule has 15 nitrogen and oxygen atoms in total. The molecule has 0 bridgehead atoms. The van der Waals surface area contributed by atoms with Crippen molar-refractivity contribution in [3.8, 4) is 0 Å². The number of rotatable bonds is 7. The quantitative estimate of drug-likeness (QED) is 0.107. The van der Waals surface area contributed by atoms with Crippen molar-refractivity contribution < 1.29 is 23.5 Å². The number of aryl methyl sites for hydroxylation is 2. The van der Waals surface area contributed by atoms with Gasteiger partial charge in [-0.1, -0.05) is 36.4 Å². The van der Waals surface area contributed by atoms with Gasteiger partial charge in [0.05, 0.1) is 35.2 Å². The lowest BCUT2D eigenvalue weighted by Crippen LogP contribution is -2.55. The van der Waals surface area contributed by atoms with Crippen molar-refractivity contribution in [2.45, 2.75) is 114 Å². The van der Waals surface area contributed by atoms with Gasteiger partial charge in [0.1, 0.15) is 18.0 Å². The average molecular weight is 953 g/mol. The highest BCUT2D eigenvalue weighted by atomic mass is 32.1. The molecule has 2 aromatic carbocycles. The molecule has 19 heteroatoms. The zero-order valence-corrected chi connectivity index (χ0v) is 39.0. The molecule has 2 saturated heterocycles. The topological polar surface area (TPSA) is 216 Å². The Kier molecular flexibility index (Phi) is 12.0. The number of aromatic nitrogens is 6. The highest BCUT2D eigenvalue weighted by molar-refractivity contribution is 7.16. The van der Waals surface area contributed by atoms with E-state index in [1.165, 1.54) is 35.5 Å². The number of carbonyl (C=O) groups is 2. The summed E-state index contributed by atoms with van der Waals surface area (Å²) in [5.74, 6) is -0.332. The largest absolute Gasteiger partial charge is 0.476 e. The summed E-state index contributed by atoms with van der Waals surface area (Å²) < 4.78 is 26.5. The van der Waals surface area contributed by atoms with E-state index in [0.717, 1.165) is 76.1 Å². The van der Waals surface area contributed by atoms with E-state index in [0.29, 0.717) is 83.4 Å². The molecule has 12 rings (SSSR count). The van der Waals surface area contributed by atoms with E-state index in [2.05, 4.69) is 35.7 Å². The summed E-state index contributed by atoms with van der Waals surface area (Å²) in [6.45, 7) is 5.58. The average Bonchev–Trinajstić information content (AvgIpc) is 4.08. The molecule has 67 heavy (non-hydrogen) atoms. The Morgan fingerprint density at radius 2 is 1.13 bits per heavy atom. The molecule has 4 aliphatic carbocycles. The van der Waals surface area contributed by atoms with Crippen molar-refractivity contribution in [1.82, 2.24) is 35.7 Å². The summed E-state index contributed by atoms with van der Waals surface area (Å²) >= 11 is 2.77. The van der Waals surface area contributed by atoms with E-state index in [1.54, 1.807) is 11.8 Å². The number of benzene rings is 2. The van der Waals surface area contributed by atoms with Gasteiger partial charge in [0, 0.05) is 57.5 Å². The van der Waals surface area contributed by atoms with Crippen molar-refractivity contribution in [3.63, 3.8) is 0 Å². The van der Waals surface area contributed by atoms with Crippen molar-refractivity contribution in [2.75, 3.05) is 36.0 Å². The van der Waals surface area contributed by atoms with Gasteiger partial charge < -0.3 is 26.0 Å². The summed E-state index contributed by atoms with van der Waals surface area (Å²) in [4.78, 5) is 61.2. The first-order valence-electron chi connectivity index (χ1n) is 23.1. The van der Waals surface area contributed by atoms with Crippen molar-refractivity contribution in [1.29, 1.82) is 0 Å². The second-order valence-electron chi connectivity index (χ2n) is 19.7. The number of halogens is 2. The van der Waals surface area contributed by atoms with Crippen LogP contribution in [-0.4, -0.2) is 98.0 Å². The number of amides is 1. The number of carbonyl (C=O) groups excluding carboxylic acids is 1. The van der Waals surface area contributed by atoms with Crippen LogP contribution in [0, 0.1) is 24.7 Å². The molecule has 0 radical (unpaired) electrons. The van der Waals surface area contributed by atoms with E-state index < -0.39 is 18.3 Å². The monoisotopic (exact) mass is 952 g/mol. The van der Waals surface area contributed by atoms with Crippen LogP contribution in [0.4, 0.5) is 19.0 Å². The number of nitrogens with one attached hydrogen (secondary N) is 3. The normalized spacial score (nSPS) is 28.2. The third-order valence-corrected chi connectivity index (χ3v) is 16.9. The van der Waals surface area contributed by atoms with Gasteiger partial charge in [0.25, 0.3) is 17.0 Å². The molecule has 6 heterocycles. The Hall–Kier alpha value is -5.66. The molecule has 4 saturated carbocycles. The maximum Gasteiger partial charge on any atom is 0.355 e. The molecule has 4 aromatic heterocycles. The standard InChI is InChI=1S/C24H26FN5O2S.C15H17N3O.C9H11FN2O2S/c1-13-19(27-23(33-13)30-7-6-15(25)12-30)22(32)26-16-10-24(11-16)8-14(9-24)20-17-4-2-3-5-18(17)21(31)29-28-20;16-10-7-15(8-10)5-9(6-15)13-11-3-1-2-4-12(11)14(19)18-17-13;1-5-7(8(13)14)11-9(15-5)12-3-2-6(10)4-12/h2-5,14-16H,6-12H2,1H3,(H,26,32)(H,29,31);1-4,9-10H,5-8,16H2,(H,18,19);6H,2-4H2,1H3,(H,13,14)/t14?,15-,16?,24?;;6-/m1.1/s1. The minimum Gasteiger partial charge on any atom is -0.476 e. The lowest BCUT2D eigenvalue weighted by Gasteiger charge is -2.57. The summed E-state index contributed by atoms with van der Waals surface area (Å²) in [6, 6.07) is 15.9. The van der Waals surface area contributed by atoms with Crippen LogP contribution in [0.5, 0.6) is 0 Å². The van der Waals surface area contributed by atoms with Gasteiger partial charge >= 0.3 is 5.97 Å². The number of anilines is 2. The third-order valence-electron chi connectivity index (χ3n) is 14.8. The van der Waals surface area contributed by atoms with Crippen LogP contribution in [0.1, 0.15) is 118 Å². The number of nitrogens with two attached hydrogens (primary N) is 1. The van der Waals surface area contributed by atoms with Crippen LogP contribution in [0.3, 0.4) is 0 Å². The number of alkyl halides is 2. The number of aromatic amines is 2. The number of carboxylic acid groups (broad SMARTS) is 1. The molecule has 352 valence electrons. The molecule has 6 fully saturated rings. The van der Waals surface area contributed by atoms with E-state index in [9.17, 15) is 28.0 Å². The number of carboxylic acids is 1. The molecule has 6 N–H and O–H groups in total. The maximum absolute atomic E-state index is 13.5. The minimum absolute atomic E-state index is 0.0808. The predicted molar refractivity (Wildman–Crippen MR) is 255 cm³/mol. The van der Waals surface area contributed by atoms with Gasteiger partial charge in [0.15, 0.2) is 16.0 Å². The lowest BCUT2D eigenvalue weighted by atomic mass is 9.49. The van der Waals surface area contributed by atoms with E-state index >= 15 is 0 Å². The van der Waals surface area contributed by atoms with Gasteiger partial charge in [-0.25, -0.2) is 33.7 Å². The van der Waals surface area contributed by atoms with Crippen molar-refractivity contribution in [3.05, 3.63) is 102 Å². The SMILES string of the molecule is Cc1sc(N2CC[C@@H](F)C2)nc1C(=O)NC1CC2(C1)CC(c1n[nH]c(=O)c3ccccc13)C2.Cc1sc(N2CC[C@@H](F)C2)nc1C(=O)O.NC1CC2(C1)CC(c1n[nH]c(=O)c3ccccc13)C2. The Bertz CT molecular complexity index is 2960. The first-order valence-corrected chi connectivity index (χ1v) is 24.8. The molecule has 6 aromatic rings. The Balaban J connectivity index is 0.000000130. The van der Waals surface area contributed by atoms with Crippen LogP contribution in [0.25, 0.3) is 21.5 Å².